The number of nitrogens with two attached hydrogens (primary N) is 1. The van der Waals surface area contributed by atoms with Crippen molar-refractivity contribution in [2.75, 3.05) is 46.1 Å². The van der Waals surface area contributed by atoms with Gasteiger partial charge in [-0.25, -0.2) is 4.57 Å². The highest BCUT2D eigenvalue weighted by molar-refractivity contribution is 7.47. The van der Waals surface area contributed by atoms with Gasteiger partial charge < -0.3 is 51.7 Å². The Hall–Kier alpha value is -3.19. The summed E-state index contributed by atoms with van der Waals surface area (Å²) in [5, 5.41) is 28.5. The van der Waals surface area contributed by atoms with Gasteiger partial charge in [0, 0.05) is 6.54 Å². The van der Waals surface area contributed by atoms with Gasteiger partial charge in [-0.3, -0.25) is 37.8 Å². The number of ether oxygens (including phenoxy) is 1. The Balaban J connectivity index is 5.28. The second-order valence-corrected chi connectivity index (χ2v) is 15.4. The Kier molecular flexibility index (Phi) is 25.0. The van der Waals surface area contributed by atoms with Crippen molar-refractivity contribution in [2.45, 2.75) is 130 Å². The molecule has 1 unspecified atom stereocenters. The summed E-state index contributed by atoms with van der Waals surface area (Å²) in [6.45, 7) is 10.1. The van der Waals surface area contributed by atoms with Crippen molar-refractivity contribution >= 4 is 43.3 Å². The molecule has 0 aromatic heterocycles. The van der Waals surface area contributed by atoms with E-state index in [1.54, 1.807) is 13.8 Å². The molecule has 20 heteroatoms. The number of nitrogens with zero attached hydrogens (tertiary/aromatic N) is 1. The van der Waals surface area contributed by atoms with Gasteiger partial charge in [0.1, 0.15) is 18.1 Å². The zero-order valence-corrected chi connectivity index (χ0v) is 33.8. The number of primary amides is 1. The SMILES string of the molecule is CCCCCCCOP(=O)(O)O[C@H](C)[C@H](NC(=O)[C@H](CO)NC(=O)CNC(=O)[C@H](CC(C)C)NC(=O)CN(CCC)C(=O)CCOC(C)(C)CO)C(N)=O. The van der Waals surface area contributed by atoms with Crippen molar-refractivity contribution in [1.82, 2.24) is 26.2 Å². The van der Waals surface area contributed by atoms with Gasteiger partial charge in [0.15, 0.2) is 0 Å². The molecule has 6 amide bonds. The highest BCUT2D eigenvalue weighted by Gasteiger charge is 2.35. The quantitative estimate of drug-likeness (QED) is 0.0351. The molecule has 5 atom stereocenters. The van der Waals surface area contributed by atoms with E-state index in [2.05, 4.69) is 21.3 Å². The minimum absolute atomic E-state index is 0.0242. The molecule has 0 aromatic rings. The Morgan fingerprint density at radius 2 is 1.48 bits per heavy atom. The zero-order chi connectivity index (χ0) is 41.5. The van der Waals surface area contributed by atoms with Gasteiger partial charge in [-0.15, -0.1) is 0 Å². The molecule has 0 heterocycles. The minimum atomic E-state index is -4.64. The molecular formula is C34H65N6O13P. The summed E-state index contributed by atoms with van der Waals surface area (Å²) in [4.78, 5) is 88.0. The first-order valence-electron chi connectivity index (χ1n) is 18.5. The van der Waals surface area contributed by atoms with Gasteiger partial charge in [0.05, 0.1) is 57.6 Å². The molecule has 0 bridgehead atoms. The molecule has 54 heavy (non-hydrogen) atoms. The maximum Gasteiger partial charge on any atom is 0.472 e. The predicted molar refractivity (Wildman–Crippen MR) is 198 cm³/mol. The molecule has 0 aromatic carbocycles. The van der Waals surface area contributed by atoms with E-state index in [0.29, 0.717) is 12.8 Å². The number of phosphoric acid groups is 1. The van der Waals surface area contributed by atoms with E-state index in [1.165, 1.54) is 11.8 Å². The number of amides is 6. The van der Waals surface area contributed by atoms with Crippen LogP contribution in [0, 0.1) is 5.92 Å². The number of phosphoric ester groups is 1. The summed E-state index contributed by atoms with van der Waals surface area (Å²) in [6.07, 6.45) is 3.53. The third-order valence-electron chi connectivity index (χ3n) is 7.86. The Labute approximate surface area is 318 Å². The van der Waals surface area contributed by atoms with E-state index in [-0.39, 0.29) is 57.6 Å². The van der Waals surface area contributed by atoms with Gasteiger partial charge in [0.2, 0.25) is 35.4 Å². The maximum atomic E-state index is 13.1. The fourth-order valence-corrected chi connectivity index (χ4v) is 5.85. The summed E-state index contributed by atoms with van der Waals surface area (Å²) in [5.74, 6) is -4.87. The molecular weight excluding hydrogens is 731 g/mol. The second kappa shape index (κ2) is 26.6. The van der Waals surface area contributed by atoms with Crippen molar-refractivity contribution < 1.29 is 62.2 Å². The van der Waals surface area contributed by atoms with E-state index < -0.39 is 80.3 Å². The molecule has 0 saturated heterocycles. The van der Waals surface area contributed by atoms with Gasteiger partial charge in [-0.1, -0.05) is 53.4 Å². The number of hydrogen-bond acceptors (Lipinski definition) is 12. The Morgan fingerprint density at radius 1 is 0.852 bits per heavy atom. The third kappa shape index (κ3) is 22.3. The van der Waals surface area contributed by atoms with Gasteiger partial charge >= 0.3 is 7.82 Å². The summed E-state index contributed by atoms with van der Waals surface area (Å²) >= 11 is 0. The lowest BCUT2D eigenvalue weighted by atomic mass is 10.0. The monoisotopic (exact) mass is 796 g/mol. The fraction of sp³-hybridized carbons (Fsp3) is 0.824. The Bertz CT molecular complexity index is 1240. The van der Waals surface area contributed by atoms with Gasteiger partial charge in [-0.05, 0) is 46.0 Å². The van der Waals surface area contributed by atoms with Crippen LogP contribution in [0.1, 0.15) is 99.8 Å². The van der Waals surface area contributed by atoms with Crippen LogP contribution >= 0.6 is 7.82 Å². The van der Waals surface area contributed by atoms with Gasteiger partial charge in [-0.2, -0.15) is 0 Å². The number of unbranched alkanes of at least 4 members (excludes halogenated alkanes) is 4. The minimum Gasteiger partial charge on any atom is -0.394 e. The summed E-state index contributed by atoms with van der Waals surface area (Å²) in [7, 11) is -4.64. The second-order valence-electron chi connectivity index (χ2n) is 14.0. The summed E-state index contributed by atoms with van der Waals surface area (Å²) in [6, 6.07) is -4.37. The van der Waals surface area contributed by atoms with Crippen molar-refractivity contribution in [1.29, 1.82) is 0 Å². The van der Waals surface area contributed by atoms with Crippen LogP contribution in [0.25, 0.3) is 0 Å². The predicted octanol–water partition coefficient (Wildman–Crippen LogP) is -0.0106. The molecule has 0 saturated carbocycles. The molecule has 0 spiro atoms. The number of carbonyl (C=O) groups excluding carboxylic acids is 6. The first-order chi connectivity index (χ1) is 25.2. The number of aliphatic hydroxyl groups is 2. The largest absolute Gasteiger partial charge is 0.472 e. The number of carbonyl (C=O) groups is 6. The van der Waals surface area contributed by atoms with Gasteiger partial charge in [0.25, 0.3) is 0 Å². The molecule has 9 N–H and O–H groups in total. The topological polar surface area (TPSA) is 285 Å². The molecule has 0 rings (SSSR count). The lowest BCUT2D eigenvalue weighted by molar-refractivity contribution is -0.139. The highest BCUT2D eigenvalue weighted by Crippen LogP contribution is 2.45. The lowest BCUT2D eigenvalue weighted by Gasteiger charge is -2.26. The van der Waals surface area contributed by atoms with Crippen LogP contribution in [0.5, 0.6) is 0 Å². The first-order valence-corrected chi connectivity index (χ1v) is 20.0. The number of rotatable bonds is 30. The number of aliphatic hydroxyl groups excluding tert-OH is 2. The van der Waals surface area contributed by atoms with Crippen LogP contribution in [0.2, 0.25) is 0 Å². The normalized spacial score (nSPS) is 14.9. The third-order valence-corrected chi connectivity index (χ3v) is 8.97. The number of hydrogen-bond donors (Lipinski definition) is 8. The lowest BCUT2D eigenvalue weighted by Crippen LogP contribution is -2.58. The summed E-state index contributed by atoms with van der Waals surface area (Å²) in [5.41, 5.74) is 4.56. The molecule has 314 valence electrons. The van der Waals surface area contributed by atoms with Crippen LogP contribution in [-0.4, -0.2) is 131 Å². The van der Waals surface area contributed by atoms with Crippen LogP contribution in [-0.2, 0) is 47.1 Å². The van der Waals surface area contributed by atoms with E-state index >= 15 is 0 Å². The average Bonchev–Trinajstić information content (AvgIpc) is 3.08. The highest BCUT2D eigenvalue weighted by atomic mass is 31.2. The van der Waals surface area contributed by atoms with Crippen LogP contribution in [0.3, 0.4) is 0 Å². The molecule has 0 fully saturated rings. The van der Waals surface area contributed by atoms with E-state index in [4.69, 9.17) is 19.5 Å². The van der Waals surface area contributed by atoms with Crippen LogP contribution < -0.4 is 27.0 Å². The van der Waals surface area contributed by atoms with Crippen LogP contribution in [0.15, 0.2) is 0 Å². The van der Waals surface area contributed by atoms with Crippen molar-refractivity contribution in [2.24, 2.45) is 11.7 Å². The molecule has 0 aliphatic carbocycles. The smallest absolute Gasteiger partial charge is 0.394 e. The van der Waals surface area contributed by atoms with Crippen molar-refractivity contribution in [3.8, 4) is 0 Å². The van der Waals surface area contributed by atoms with E-state index in [0.717, 1.165) is 25.7 Å². The zero-order valence-electron chi connectivity index (χ0n) is 32.9. The first kappa shape index (κ1) is 50.8. The van der Waals surface area contributed by atoms with Crippen LogP contribution in [0.4, 0.5) is 0 Å². The molecule has 0 aliphatic rings. The fourth-order valence-electron chi connectivity index (χ4n) is 4.89. The van der Waals surface area contributed by atoms with Crippen molar-refractivity contribution in [3.63, 3.8) is 0 Å². The number of nitrogens with one attached hydrogen (secondary N) is 4. The summed E-state index contributed by atoms with van der Waals surface area (Å²) < 4.78 is 27.9. The molecule has 0 radical (unpaired) electrons. The maximum absolute atomic E-state index is 13.1. The van der Waals surface area contributed by atoms with E-state index in [1.807, 2.05) is 27.7 Å². The molecule has 19 nitrogen and oxygen atoms in total. The van der Waals surface area contributed by atoms with Crippen molar-refractivity contribution in [3.05, 3.63) is 0 Å². The molecule has 0 aliphatic heterocycles. The Morgan fingerprint density at radius 3 is 2.04 bits per heavy atom. The average molecular weight is 797 g/mol. The standard InChI is InChI=1S/C34H65N6O13P/c1-8-10-11-12-13-16-52-54(49,50)53-24(5)30(31(35)46)39-33(48)26(21-41)38-27(43)19-36-32(47)25(18-23(3)4)37-28(44)20-40(15-9-2)29(45)14-17-51-34(6,7)22-42/h23-26,30,41-42H,8-22H2,1-7H3,(H2,35,46)(H,36,47)(H,37,44)(H,38,43)(H,39,48)(H,49,50)/t24-,25+,26+,30+/m1/s1. The van der Waals surface area contributed by atoms with E-state index in [9.17, 15) is 48.4 Å².